The Morgan fingerprint density at radius 1 is 1.24 bits per heavy atom. The number of hydrogen-bond acceptors (Lipinski definition) is 4. The predicted molar refractivity (Wildman–Crippen MR) is 115 cm³/mol. The van der Waals surface area contributed by atoms with Crippen molar-refractivity contribution in [3.05, 3.63) is 52.5 Å². The van der Waals surface area contributed by atoms with Gasteiger partial charge in [-0.1, -0.05) is 34.1 Å². The van der Waals surface area contributed by atoms with Crippen molar-refractivity contribution in [2.24, 2.45) is 10.7 Å². The van der Waals surface area contributed by atoms with Crippen molar-refractivity contribution >= 4 is 27.8 Å². The quantitative estimate of drug-likeness (QED) is 0.669. The molecule has 0 saturated carbocycles. The number of fused-ring (bicyclic) bond motifs is 2. The van der Waals surface area contributed by atoms with Gasteiger partial charge < -0.3 is 15.2 Å². The summed E-state index contributed by atoms with van der Waals surface area (Å²) < 4.78 is 12.1. The van der Waals surface area contributed by atoms with Gasteiger partial charge in [0.1, 0.15) is 12.4 Å². The fourth-order valence-corrected chi connectivity index (χ4v) is 5.11. The van der Waals surface area contributed by atoms with E-state index < -0.39 is 11.1 Å². The molecule has 1 saturated heterocycles. The Bertz CT molecular complexity index is 1030. The van der Waals surface area contributed by atoms with Crippen LogP contribution in [0.3, 0.4) is 0 Å². The highest BCUT2D eigenvalue weighted by atomic mass is 79.9. The number of likely N-dealkylation sites (N-methyl/N-ethyl adjacent to an activating group) is 1. The second-order valence-electron chi connectivity index (χ2n) is 8.09. The van der Waals surface area contributed by atoms with Gasteiger partial charge in [-0.15, -0.1) is 0 Å². The molecule has 3 N–H and O–H groups in total. The van der Waals surface area contributed by atoms with Gasteiger partial charge in [0.25, 0.3) is 5.91 Å². The molecule has 0 aromatic heterocycles. The molecule has 29 heavy (non-hydrogen) atoms. The molecule has 7 heteroatoms. The average molecular weight is 457 g/mol. The van der Waals surface area contributed by atoms with Gasteiger partial charge in [0.05, 0.1) is 0 Å². The maximum atomic E-state index is 13.4. The van der Waals surface area contributed by atoms with Gasteiger partial charge in [-0.05, 0) is 35.4 Å². The van der Waals surface area contributed by atoms with E-state index in [0.717, 1.165) is 40.6 Å². The Morgan fingerprint density at radius 3 is 2.76 bits per heavy atom. The molecule has 0 aliphatic carbocycles. The number of nitrogens with zero attached hydrogens (tertiary/aromatic N) is 2. The number of carbonyl (C=O) groups is 1. The molecule has 150 valence electrons. The summed E-state index contributed by atoms with van der Waals surface area (Å²) in [7, 11) is 1.68. The SMILES string of the molecule is CN1C(=O)[C@@]2(C[C@]3(CCC[OH+]C3)Oc3ccc(-c4cccc(Br)c4)cc32)N=C1N. The fourth-order valence-electron chi connectivity index (χ4n) is 4.71. The number of benzene rings is 2. The first kappa shape index (κ1) is 18.6. The summed E-state index contributed by atoms with van der Waals surface area (Å²) >= 11 is 3.53. The molecule has 1 fully saturated rings. The molecule has 1 amide bonds. The minimum Gasteiger partial charge on any atom is -0.479 e. The van der Waals surface area contributed by atoms with E-state index in [0.29, 0.717) is 18.8 Å². The van der Waals surface area contributed by atoms with E-state index in [2.05, 4.69) is 26.7 Å². The van der Waals surface area contributed by atoms with E-state index in [1.807, 2.05) is 36.4 Å². The number of rotatable bonds is 1. The molecule has 0 unspecified atom stereocenters. The van der Waals surface area contributed by atoms with E-state index in [1.54, 1.807) is 7.05 Å². The Balaban J connectivity index is 1.69. The van der Waals surface area contributed by atoms with Crippen molar-refractivity contribution in [2.45, 2.75) is 30.4 Å². The smallest absolute Gasteiger partial charge is 0.261 e. The highest BCUT2D eigenvalue weighted by molar-refractivity contribution is 9.10. The Hall–Kier alpha value is -2.38. The summed E-state index contributed by atoms with van der Waals surface area (Å²) in [4.78, 5) is 19.6. The molecule has 2 aromatic rings. The summed E-state index contributed by atoms with van der Waals surface area (Å²) in [5, 5.41) is 0. The molecule has 6 nitrogen and oxygen atoms in total. The number of hydrogen-bond donors (Lipinski definition) is 1. The molecule has 2 atom stereocenters. The first-order chi connectivity index (χ1) is 13.9. The van der Waals surface area contributed by atoms with Crippen LogP contribution in [-0.2, 0) is 10.3 Å². The molecule has 2 spiro atoms. The lowest BCUT2D eigenvalue weighted by Crippen LogP contribution is -2.55. The molecule has 3 aliphatic heterocycles. The summed E-state index contributed by atoms with van der Waals surface area (Å²) in [6.07, 6.45) is 2.27. The monoisotopic (exact) mass is 456 g/mol. The number of aliphatic hydroxyl groups is 2. The van der Waals surface area contributed by atoms with Crippen LogP contribution in [0.5, 0.6) is 5.75 Å². The minimum absolute atomic E-state index is 0.101. The van der Waals surface area contributed by atoms with E-state index in [9.17, 15) is 4.79 Å². The number of guanidine groups is 1. The van der Waals surface area contributed by atoms with Gasteiger partial charge in [-0.25, -0.2) is 4.99 Å². The number of ether oxygens (including phenoxy) is 2. The normalized spacial score (nSPS) is 28.4. The third-order valence-corrected chi connectivity index (χ3v) is 6.64. The lowest BCUT2D eigenvalue weighted by Gasteiger charge is -2.44. The average Bonchev–Trinajstić information content (AvgIpc) is 2.92. The van der Waals surface area contributed by atoms with E-state index in [4.69, 9.17) is 15.5 Å². The molecule has 3 aliphatic rings. The van der Waals surface area contributed by atoms with Crippen LogP contribution in [0.4, 0.5) is 0 Å². The maximum absolute atomic E-state index is 13.4. The van der Waals surface area contributed by atoms with Crippen molar-refractivity contribution in [1.82, 2.24) is 4.90 Å². The summed E-state index contributed by atoms with van der Waals surface area (Å²) in [5.74, 6) is 0.849. The van der Waals surface area contributed by atoms with E-state index in [-0.39, 0.29) is 11.9 Å². The molecule has 0 bridgehead atoms. The van der Waals surface area contributed by atoms with Crippen LogP contribution in [0.2, 0.25) is 0 Å². The lowest BCUT2D eigenvalue weighted by atomic mass is 9.74. The van der Waals surface area contributed by atoms with Crippen LogP contribution < -0.4 is 10.5 Å². The summed E-state index contributed by atoms with van der Waals surface area (Å²) in [5.41, 5.74) is 7.39. The van der Waals surface area contributed by atoms with Crippen molar-refractivity contribution in [1.29, 1.82) is 0 Å². The standard InChI is InChI=1S/C22H22BrN3O3/c1-26-19(27)22(25-20(26)24)12-21(8-3-9-28-13-21)29-18-7-6-15(11-17(18)22)14-4-2-5-16(23)10-14/h2,4-7,10-11H,3,8-9,12-13H2,1H3,(H2,24,25)/p+1/t21-,22-/m0/s1. The highest BCUT2D eigenvalue weighted by Crippen LogP contribution is 2.51. The van der Waals surface area contributed by atoms with Crippen molar-refractivity contribution in [3.8, 4) is 16.9 Å². The molecule has 2 aromatic carbocycles. The van der Waals surface area contributed by atoms with Crippen LogP contribution in [0.25, 0.3) is 11.1 Å². The van der Waals surface area contributed by atoms with Crippen LogP contribution >= 0.6 is 15.9 Å². The maximum Gasteiger partial charge on any atom is 0.261 e. The molecule has 0 radical (unpaired) electrons. The summed E-state index contributed by atoms with van der Waals surface area (Å²) in [6.45, 7) is 1.42. The fraction of sp³-hybridized carbons (Fsp3) is 0.364. The largest absolute Gasteiger partial charge is 0.479 e. The second kappa shape index (κ2) is 6.57. The van der Waals surface area contributed by atoms with Crippen molar-refractivity contribution in [3.63, 3.8) is 0 Å². The number of nitrogens with two attached hydrogens (primary N) is 1. The van der Waals surface area contributed by atoms with Gasteiger partial charge >= 0.3 is 0 Å². The Kier molecular flexibility index (Phi) is 4.22. The molecular formula is C22H23BrN3O3+. The van der Waals surface area contributed by atoms with Crippen LogP contribution in [-0.4, -0.2) is 47.4 Å². The van der Waals surface area contributed by atoms with Gasteiger partial charge in [-0.3, -0.25) is 9.69 Å². The van der Waals surface area contributed by atoms with Crippen molar-refractivity contribution < 1.29 is 14.3 Å². The zero-order valence-corrected chi connectivity index (χ0v) is 17.8. The third kappa shape index (κ3) is 2.87. The summed E-state index contributed by atoms with van der Waals surface area (Å²) in [6, 6.07) is 14.1. The van der Waals surface area contributed by atoms with Gasteiger partial charge in [0, 0.05) is 36.3 Å². The third-order valence-electron chi connectivity index (χ3n) is 6.14. The van der Waals surface area contributed by atoms with Crippen LogP contribution in [0.1, 0.15) is 24.8 Å². The lowest BCUT2D eigenvalue weighted by molar-refractivity contribution is -0.173. The Morgan fingerprint density at radius 2 is 2.07 bits per heavy atom. The van der Waals surface area contributed by atoms with Gasteiger partial charge in [0.15, 0.2) is 23.7 Å². The van der Waals surface area contributed by atoms with Crippen molar-refractivity contribution in [2.75, 3.05) is 20.3 Å². The predicted octanol–water partition coefficient (Wildman–Crippen LogP) is 2.94. The van der Waals surface area contributed by atoms with Gasteiger partial charge in [0.2, 0.25) is 0 Å². The van der Waals surface area contributed by atoms with E-state index in [1.165, 1.54) is 4.90 Å². The number of aliphatic imine (C=N–C) groups is 1. The second-order valence-corrected chi connectivity index (χ2v) is 9.00. The molecule has 5 rings (SSSR count). The first-order valence-electron chi connectivity index (χ1n) is 9.79. The van der Waals surface area contributed by atoms with E-state index >= 15 is 0 Å². The first-order valence-corrected chi connectivity index (χ1v) is 10.6. The molecule has 3 heterocycles. The number of carbonyl (C=O) groups excluding carboxylic acids is 1. The zero-order chi connectivity index (χ0) is 20.2. The topological polar surface area (TPSA) is 80.7 Å². The van der Waals surface area contributed by atoms with Crippen LogP contribution in [0.15, 0.2) is 51.9 Å². The minimum atomic E-state index is -1.05. The number of amides is 1. The highest BCUT2D eigenvalue weighted by Gasteiger charge is 2.59. The number of halogens is 1. The van der Waals surface area contributed by atoms with Crippen LogP contribution in [0, 0.1) is 0 Å². The Labute approximate surface area is 177 Å². The molecular weight excluding hydrogens is 434 g/mol. The zero-order valence-electron chi connectivity index (χ0n) is 16.2. The van der Waals surface area contributed by atoms with Gasteiger partial charge in [-0.2, -0.15) is 0 Å².